The van der Waals surface area contributed by atoms with E-state index in [1.54, 1.807) is 0 Å². The van der Waals surface area contributed by atoms with E-state index in [-0.39, 0.29) is 0 Å². The van der Waals surface area contributed by atoms with Crippen LogP contribution in [0.15, 0.2) is 170 Å². The zero-order chi connectivity index (χ0) is 30.5. The Hall–Kier alpha value is -6.12. The number of para-hydroxylation sites is 1. The normalized spacial score (nSPS) is 11.5. The first-order valence-electron chi connectivity index (χ1n) is 15.6. The Morgan fingerprint density at radius 2 is 0.913 bits per heavy atom. The summed E-state index contributed by atoms with van der Waals surface area (Å²) in [6.07, 6.45) is 1.87. The molecule has 0 fully saturated rings. The van der Waals surface area contributed by atoms with Crippen molar-refractivity contribution >= 4 is 43.4 Å². The number of rotatable bonds is 4. The highest BCUT2D eigenvalue weighted by molar-refractivity contribution is 6.01. The van der Waals surface area contributed by atoms with Crippen LogP contribution in [0, 0.1) is 0 Å². The van der Waals surface area contributed by atoms with Crippen molar-refractivity contribution in [1.82, 2.24) is 9.97 Å². The molecule has 0 radical (unpaired) electrons. The van der Waals surface area contributed by atoms with Gasteiger partial charge in [-0.3, -0.25) is 4.98 Å². The Bertz CT molecular complexity index is 2580. The third kappa shape index (κ3) is 4.60. The van der Waals surface area contributed by atoms with Gasteiger partial charge in [-0.2, -0.15) is 0 Å². The molecule has 0 N–H and O–H groups in total. The van der Waals surface area contributed by atoms with E-state index in [1.165, 1.54) is 38.2 Å². The monoisotopic (exact) mass is 584 g/mol. The van der Waals surface area contributed by atoms with E-state index in [9.17, 15) is 0 Å². The molecule has 46 heavy (non-hydrogen) atoms. The molecule has 0 aliphatic rings. The third-order valence-electron chi connectivity index (χ3n) is 9.08. The summed E-state index contributed by atoms with van der Waals surface area (Å²) < 4.78 is 0. The first-order valence-corrected chi connectivity index (χ1v) is 15.6. The van der Waals surface area contributed by atoms with Crippen LogP contribution in [0.1, 0.15) is 0 Å². The number of fused-ring (bicyclic) bond motifs is 4. The quantitative estimate of drug-likeness (QED) is 0.206. The minimum Gasteiger partial charge on any atom is -0.256 e. The SMILES string of the molecule is c1ccc2cc(-c3ccc4nc(-c5ccc6ccccc6c5)cc(-c5ccc(-c6cccc7cccnc67)cc5)c4c3)ccc2c1. The number of hydrogen-bond donors (Lipinski definition) is 0. The fourth-order valence-electron chi connectivity index (χ4n) is 6.68. The number of benzene rings is 7. The largest absolute Gasteiger partial charge is 0.256 e. The topological polar surface area (TPSA) is 25.8 Å². The Kier molecular flexibility index (Phi) is 6.17. The van der Waals surface area contributed by atoms with Crippen molar-refractivity contribution in [2.24, 2.45) is 0 Å². The molecule has 2 aromatic heterocycles. The maximum atomic E-state index is 5.21. The third-order valence-corrected chi connectivity index (χ3v) is 9.08. The molecule has 0 aliphatic carbocycles. The lowest BCUT2D eigenvalue weighted by Crippen LogP contribution is -1.92. The molecule has 0 saturated heterocycles. The van der Waals surface area contributed by atoms with Gasteiger partial charge >= 0.3 is 0 Å². The molecular weight excluding hydrogens is 556 g/mol. The molecule has 0 aliphatic heterocycles. The summed E-state index contributed by atoms with van der Waals surface area (Å²) in [6.45, 7) is 0. The van der Waals surface area contributed by atoms with Gasteiger partial charge < -0.3 is 0 Å². The van der Waals surface area contributed by atoms with Crippen LogP contribution in [-0.2, 0) is 0 Å². The zero-order valence-electron chi connectivity index (χ0n) is 25.1. The van der Waals surface area contributed by atoms with E-state index in [0.717, 1.165) is 49.8 Å². The Morgan fingerprint density at radius 3 is 1.67 bits per heavy atom. The van der Waals surface area contributed by atoms with Crippen LogP contribution in [-0.4, -0.2) is 9.97 Å². The summed E-state index contributed by atoms with van der Waals surface area (Å²) in [7, 11) is 0. The van der Waals surface area contributed by atoms with Crippen LogP contribution in [0.2, 0.25) is 0 Å². The van der Waals surface area contributed by atoms with Crippen molar-refractivity contribution in [2.45, 2.75) is 0 Å². The second-order valence-electron chi connectivity index (χ2n) is 11.9. The number of pyridine rings is 2. The summed E-state index contributed by atoms with van der Waals surface area (Å²) in [5, 5.41) is 7.20. The maximum absolute atomic E-state index is 5.21. The zero-order valence-corrected chi connectivity index (χ0v) is 25.1. The van der Waals surface area contributed by atoms with E-state index in [4.69, 9.17) is 9.97 Å². The summed E-state index contributed by atoms with van der Waals surface area (Å²) in [6, 6.07) is 58.6. The average molecular weight is 585 g/mol. The Balaban J connectivity index is 1.22. The maximum Gasteiger partial charge on any atom is 0.0780 e. The predicted molar refractivity (Wildman–Crippen MR) is 194 cm³/mol. The molecule has 2 heterocycles. The van der Waals surface area contributed by atoms with Crippen LogP contribution in [0.3, 0.4) is 0 Å². The van der Waals surface area contributed by atoms with Gasteiger partial charge in [-0.05, 0) is 85.8 Å². The van der Waals surface area contributed by atoms with Gasteiger partial charge in [0.25, 0.3) is 0 Å². The molecule has 214 valence electrons. The van der Waals surface area contributed by atoms with Gasteiger partial charge in [0.2, 0.25) is 0 Å². The lowest BCUT2D eigenvalue weighted by atomic mass is 9.93. The van der Waals surface area contributed by atoms with Gasteiger partial charge in [-0.15, -0.1) is 0 Å². The molecule has 0 amide bonds. The Morgan fingerprint density at radius 1 is 0.348 bits per heavy atom. The molecule has 0 atom stereocenters. The molecular formula is C44H28N2. The second-order valence-corrected chi connectivity index (χ2v) is 11.9. The number of nitrogens with zero attached hydrogens (tertiary/aromatic N) is 2. The summed E-state index contributed by atoms with van der Waals surface area (Å²) in [5.74, 6) is 0. The van der Waals surface area contributed by atoms with E-state index < -0.39 is 0 Å². The highest BCUT2D eigenvalue weighted by atomic mass is 14.7. The van der Waals surface area contributed by atoms with Crippen LogP contribution >= 0.6 is 0 Å². The van der Waals surface area contributed by atoms with Gasteiger partial charge in [0.05, 0.1) is 16.7 Å². The minimum atomic E-state index is 0.967. The van der Waals surface area contributed by atoms with Crippen LogP contribution in [0.4, 0.5) is 0 Å². The van der Waals surface area contributed by atoms with Gasteiger partial charge in [-0.1, -0.05) is 127 Å². The van der Waals surface area contributed by atoms with E-state index >= 15 is 0 Å². The van der Waals surface area contributed by atoms with E-state index in [2.05, 4.69) is 158 Å². The first-order chi connectivity index (χ1) is 22.8. The summed E-state index contributed by atoms with van der Waals surface area (Å²) in [5.41, 5.74) is 11.1. The summed E-state index contributed by atoms with van der Waals surface area (Å²) in [4.78, 5) is 9.91. The van der Waals surface area contributed by atoms with E-state index in [1.807, 2.05) is 12.3 Å². The Labute approximate surface area is 267 Å². The van der Waals surface area contributed by atoms with Crippen LogP contribution in [0.5, 0.6) is 0 Å². The molecule has 9 rings (SSSR count). The van der Waals surface area contributed by atoms with Gasteiger partial charge in [0.1, 0.15) is 0 Å². The fourth-order valence-corrected chi connectivity index (χ4v) is 6.68. The van der Waals surface area contributed by atoms with Crippen LogP contribution in [0.25, 0.3) is 88.0 Å². The molecule has 7 aromatic carbocycles. The van der Waals surface area contributed by atoms with Crippen molar-refractivity contribution in [3.63, 3.8) is 0 Å². The van der Waals surface area contributed by atoms with Gasteiger partial charge in [0, 0.05) is 28.1 Å². The van der Waals surface area contributed by atoms with E-state index in [0.29, 0.717) is 0 Å². The van der Waals surface area contributed by atoms with Gasteiger partial charge in [0.15, 0.2) is 0 Å². The number of hydrogen-bond acceptors (Lipinski definition) is 2. The van der Waals surface area contributed by atoms with Crippen molar-refractivity contribution in [3.8, 4) is 44.6 Å². The van der Waals surface area contributed by atoms with Crippen molar-refractivity contribution in [2.75, 3.05) is 0 Å². The molecule has 9 aromatic rings. The highest BCUT2D eigenvalue weighted by Gasteiger charge is 2.13. The molecule has 0 spiro atoms. The average Bonchev–Trinajstić information content (AvgIpc) is 3.13. The van der Waals surface area contributed by atoms with Crippen molar-refractivity contribution < 1.29 is 0 Å². The minimum absolute atomic E-state index is 0.967. The first kappa shape index (κ1) is 26.3. The van der Waals surface area contributed by atoms with Crippen molar-refractivity contribution in [1.29, 1.82) is 0 Å². The summed E-state index contributed by atoms with van der Waals surface area (Å²) >= 11 is 0. The van der Waals surface area contributed by atoms with Gasteiger partial charge in [-0.25, -0.2) is 4.98 Å². The standard InChI is InChI=1S/C44H28N2/c1-3-9-34-25-36(20-14-29(34)7-1)37-22-23-42-41(27-37)40(28-43(46-42)38-21-15-30-8-2-4-10-35(30)26-38)32-18-16-31(17-19-32)39-13-5-11-33-12-6-24-45-44(33)39/h1-28H. The molecule has 0 unspecified atom stereocenters. The van der Waals surface area contributed by atoms with Crippen LogP contribution < -0.4 is 0 Å². The lowest BCUT2D eigenvalue weighted by molar-refractivity contribution is 1.40. The number of aromatic nitrogens is 2. The lowest BCUT2D eigenvalue weighted by Gasteiger charge is -2.14. The van der Waals surface area contributed by atoms with Crippen molar-refractivity contribution in [3.05, 3.63) is 170 Å². The molecule has 0 saturated carbocycles. The predicted octanol–water partition coefficient (Wildman–Crippen LogP) is 11.8. The molecule has 0 bridgehead atoms. The molecule has 2 heteroatoms. The fraction of sp³-hybridized carbons (Fsp3) is 0. The second kappa shape index (κ2) is 10.8. The molecule has 2 nitrogen and oxygen atoms in total. The smallest absolute Gasteiger partial charge is 0.0780 e. The highest BCUT2D eigenvalue weighted by Crippen LogP contribution is 2.37.